The topological polar surface area (TPSA) is 103 Å². The van der Waals surface area contributed by atoms with Crippen LogP contribution in [0.25, 0.3) is 15.9 Å². The van der Waals surface area contributed by atoms with Crippen molar-refractivity contribution in [2.45, 2.75) is 6.18 Å². The number of nitrogen functional groups attached to an aromatic ring is 1. The molecule has 0 bridgehead atoms. The van der Waals surface area contributed by atoms with E-state index in [1.165, 1.54) is 0 Å². The normalized spacial score (nSPS) is 12.0. The number of H-pyrrole nitrogens is 1. The molecule has 0 saturated carbocycles. The SMILES string of the molecule is Nn1c(C(F)(F)F)cc(=O)n(-c2cc3[nH]c(=O)sc3cc2F)c1=O. The molecular formula is C12H6F4N4O3S. The number of nitrogens with zero attached hydrogens (tertiary/aromatic N) is 2. The number of rotatable bonds is 1. The highest BCUT2D eigenvalue weighted by atomic mass is 32.1. The highest BCUT2D eigenvalue weighted by molar-refractivity contribution is 7.16. The van der Waals surface area contributed by atoms with Crippen molar-refractivity contribution < 1.29 is 17.6 Å². The second kappa shape index (κ2) is 5.06. The second-order valence-electron chi connectivity index (χ2n) is 4.67. The molecule has 0 saturated heterocycles. The zero-order valence-electron chi connectivity index (χ0n) is 11.3. The molecule has 0 aliphatic rings. The molecule has 3 aromatic rings. The van der Waals surface area contributed by atoms with Crippen LogP contribution in [-0.4, -0.2) is 14.2 Å². The van der Waals surface area contributed by atoms with Gasteiger partial charge in [0.1, 0.15) is 5.82 Å². The maximum atomic E-state index is 14.2. The Bertz CT molecular complexity index is 1140. The van der Waals surface area contributed by atoms with Gasteiger partial charge in [-0.2, -0.15) is 13.2 Å². The standard InChI is InChI=1S/C12H6F4N4O3S/c13-4-1-7-5(18-10(22)24-7)2-6(4)19-9(21)3-8(12(14,15)16)20(17)11(19)23/h1-3H,17H2,(H,18,22). The number of nitrogens with one attached hydrogen (secondary N) is 1. The fraction of sp³-hybridized carbons (Fsp3) is 0.0833. The number of nitrogens with two attached hydrogens (primary N) is 1. The molecule has 24 heavy (non-hydrogen) atoms. The van der Waals surface area contributed by atoms with Gasteiger partial charge in [0.2, 0.25) is 0 Å². The fourth-order valence-corrected chi connectivity index (χ4v) is 2.87. The third-order valence-corrected chi connectivity index (χ3v) is 4.00. The van der Waals surface area contributed by atoms with Gasteiger partial charge < -0.3 is 10.8 Å². The number of aromatic nitrogens is 3. The van der Waals surface area contributed by atoms with Crippen molar-refractivity contribution in [1.29, 1.82) is 0 Å². The average molecular weight is 362 g/mol. The predicted molar refractivity (Wildman–Crippen MR) is 77.4 cm³/mol. The van der Waals surface area contributed by atoms with E-state index >= 15 is 0 Å². The Morgan fingerprint density at radius 2 is 1.79 bits per heavy atom. The molecule has 3 rings (SSSR count). The Morgan fingerprint density at radius 3 is 2.42 bits per heavy atom. The van der Waals surface area contributed by atoms with E-state index in [0.29, 0.717) is 11.3 Å². The summed E-state index contributed by atoms with van der Waals surface area (Å²) in [5.41, 5.74) is -5.16. The summed E-state index contributed by atoms with van der Waals surface area (Å²) in [6.45, 7) is 0. The number of alkyl halides is 3. The number of benzene rings is 1. The summed E-state index contributed by atoms with van der Waals surface area (Å²) >= 11 is 0.692. The molecule has 2 heterocycles. The van der Waals surface area contributed by atoms with E-state index in [2.05, 4.69) is 4.98 Å². The zero-order valence-corrected chi connectivity index (χ0v) is 12.2. The Balaban J connectivity index is 2.37. The van der Waals surface area contributed by atoms with Gasteiger partial charge in [-0.1, -0.05) is 11.3 Å². The molecule has 0 aliphatic heterocycles. The molecule has 1 aromatic carbocycles. The van der Waals surface area contributed by atoms with Gasteiger partial charge in [0.25, 0.3) is 5.56 Å². The van der Waals surface area contributed by atoms with Crippen LogP contribution >= 0.6 is 11.3 Å². The third-order valence-electron chi connectivity index (χ3n) is 3.16. The number of hydrogen-bond donors (Lipinski definition) is 2. The number of hydrogen-bond acceptors (Lipinski definition) is 5. The van der Waals surface area contributed by atoms with Crippen LogP contribution in [0, 0.1) is 5.82 Å². The molecular weight excluding hydrogens is 356 g/mol. The Hall–Kier alpha value is -2.89. The molecule has 0 radical (unpaired) electrons. The zero-order chi connectivity index (χ0) is 17.8. The van der Waals surface area contributed by atoms with Gasteiger partial charge in [0.15, 0.2) is 5.69 Å². The Labute approximate surface area is 132 Å². The Morgan fingerprint density at radius 1 is 1.12 bits per heavy atom. The van der Waals surface area contributed by atoms with Crippen molar-refractivity contribution >= 4 is 21.6 Å². The highest BCUT2D eigenvalue weighted by Crippen LogP contribution is 2.27. The minimum atomic E-state index is -5.03. The first kappa shape index (κ1) is 16.0. The first-order valence-corrected chi connectivity index (χ1v) is 6.95. The summed E-state index contributed by atoms with van der Waals surface area (Å²) in [4.78, 5) is 37.0. The van der Waals surface area contributed by atoms with E-state index in [-0.39, 0.29) is 25.5 Å². The number of aromatic amines is 1. The number of fused-ring (bicyclic) bond motifs is 1. The molecule has 0 unspecified atom stereocenters. The highest BCUT2D eigenvalue weighted by Gasteiger charge is 2.36. The van der Waals surface area contributed by atoms with Crippen molar-refractivity contribution in [1.82, 2.24) is 14.2 Å². The van der Waals surface area contributed by atoms with Crippen LogP contribution in [0.1, 0.15) is 5.69 Å². The molecule has 0 aliphatic carbocycles. The summed E-state index contributed by atoms with van der Waals surface area (Å²) in [5.74, 6) is 4.02. The third kappa shape index (κ3) is 2.40. The quantitative estimate of drug-likeness (QED) is 0.493. The van der Waals surface area contributed by atoms with Gasteiger partial charge >= 0.3 is 16.7 Å². The molecule has 7 nitrogen and oxygen atoms in total. The summed E-state index contributed by atoms with van der Waals surface area (Å²) in [6.07, 6.45) is -5.03. The first-order valence-electron chi connectivity index (χ1n) is 6.13. The summed E-state index contributed by atoms with van der Waals surface area (Å²) in [5, 5.41) is 0. The summed E-state index contributed by atoms with van der Waals surface area (Å²) in [6, 6.07) is 1.94. The largest absolute Gasteiger partial charge is 0.433 e. The predicted octanol–water partition coefficient (Wildman–Crippen LogP) is 0.774. The van der Waals surface area contributed by atoms with E-state index in [4.69, 9.17) is 5.84 Å². The van der Waals surface area contributed by atoms with Crippen molar-refractivity contribution in [3.05, 3.63) is 60.2 Å². The number of halogens is 4. The molecule has 0 fully saturated rings. The van der Waals surface area contributed by atoms with Crippen LogP contribution in [0.4, 0.5) is 17.6 Å². The van der Waals surface area contributed by atoms with Crippen molar-refractivity contribution in [3.63, 3.8) is 0 Å². The van der Waals surface area contributed by atoms with Crippen LogP contribution in [0.2, 0.25) is 0 Å². The van der Waals surface area contributed by atoms with Crippen LogP contribution in [0.5, 0.6) is 0 Å². The van der Waals surface area contributed by atoms with Gasteiger partial charge in [-0.15, -0.1) is 0 Å². The lowest BCUT2D eigenvalue weighted by atomic mass is 10.2. The van der Waals surface area contributed by atoms with Gasteiger partial charge in [0, 0.05) is 6.07 Å². The van der Waals surface area contributed by atoms with Crippen LogP contribution in [-0.2, 0) is 6.18 Å². The van der Waals surface area contributed by atoms with E-state index in [9.17, 15) is 31.9 Å². The lowest BCUT2D eigenvalue weighted by Gasteiger charge is -2.13. The molecule has 12 heteroatoms. The summed E-state index contributed by atoms with van der Waals surface area (Å²) < 4.78 is 52.4. The maximum absolute atomic E-state index is 14.2. The Kier molecular flexibility index (Phi) is 3.37. The minimum absolute atomic E-state index is 0.0847. The average Bonchev–Trinajstić information content (AvgIpc) is 2.81. The fourth-order valence-electron chi connectivity index (χ4n) is 2.13. The molecule has 0 atom stereocenters. The van der Waals surface area contributed by atoms with Crippen LogP contribution in [0.15, 0.2) is 32.6 Å². The smallest absolute Gasteiger partial charge is 0.335 e. The van der Waals surface area contributed by atoms with E-state index in [1.54, 1.807) is 0 Å². The molecule has 0 spiro atoms. The van der Waals surface area contributed by atoms with E-state index in [0.717, 1.165) is 12.1 Å². The molecule has 3 N–H and O–H groups in total. The van der Waals surface area contributed by atoms with Crippen molar-refractivity contribution in [2.24, 2.45) is 0 Å². The van der Waals surface area contributed by atoms with Gasteiger partial charge in [-0.25, -0.2) is 18.4 Å². The number of thiazole rings is 1. The molecule has 126 valence electrons. The van der Waals surface area contributed by atoms with Crippen LogP contribution in [0.3, 0.4) is 0 Å². The van der Waals surface area contributed by atoms with Crippen molar-refractivity contribution in [3.8, 4) is 5.69 Å². The van der Waals surface area contributed by atoms with E-state index in [1.807, 2.05) is 0 Å². The first-order chi connectivity index (χ1) is 11.1. The monoisotopic (exact) mass is 362 g/mol. The van der Waals surface area contributed by atoms with Crippen LogP contribution < -0.4 is 22.0 Å². The minimum Gasteiger partial charge on any atom is -0.335 e. The second-order valence-corrected chi connectivity index (χ2v) is 5.68. The lowest BCUT2D eigenvalue weighted by Crippen LogP contribution is -2.45. The van der Waals surface area contributed by atoms with Crippen molar-refractivity contribution in [2.75, 3.05) is 5.84 Å². The molecule has 0 amide bonds. The van der Waals surface area contributed by atoms with E-state index < -0.39 is 39.5 Å². The lowest BCUT2D eigenvalue weighted by molar-refractivity contribution is -0.143. The van der Waals surface area contributed by atoms with Gasteiger partial charge in [-0.3, -0.25) is 9.59 Å². The maximum Gasteiger partial charge on any atom is 0.433 e. The van der Waals surface area contributed by atoms with Gasteiger partial charge in [0.05, 0.1) is 15.9 Å². The molecule has 2 aromatic heterocycles. The summed E-state index contributed by atoms with van der Waals surface area (Å²) in [7, 11) is 0. The van der Waals surface area contributed by atoms with Gasteiger partial charge in [-0.05, 0) is 12.1 Å².